The van der Waals surface area contributed by atoms with Crippen LogP contribution in [0.3, 0.4) is 0 Å². The summed E-state index contributed by atoms with van der Waals surface area (Å²) in [7, 11) is -0.632. The molecule has 0 bridgehead atoms. The van der Waals surface area contributed by atoms with Gasteiger partial charge in [-0.2, -0.15) is 0 Å². The van der Waals surface area contributed by atoms with E-state index < -0.39 is 8.80 Å². The molecule has 0 heterocycles. The van der Waals surface area contributed by atoms with Crippen LogP contribution in [0.1, 0.15) is 36.9 Å². The molecule has 1 aromatic carbocycles. The first-order chi connectivity index (χ1) is 7.16. The predicted molar refractivity (Wildman–Crippen MR) is 70.9 cm³/mol. The van der Waals surface area contributed by atoms with E-state index in [0.29, 0.717) is 0 Å². The highest BCUT2D eigenvalue weighted by molar-refractivity contribution is 6.59. The van der Waals surface area contributed by atoms with Gasteiger partial charge in [0.25, 0.3) is 0 Å². The number of allylic oxidation sites excluding steroid dienone is 2. The molecule has 1 unspecified atom stereocenters. The Balaban J connectivity index is 2.57. The molecule has 0 aliphatic heterocycles. The van der Waals surface area contributed by atoms with Crippen molar-refractivity contribution in [1.29, 1.82) is 0 Å². The summed E-state index contributed by atoms with van der Waals surface area (Å²) in [4.78, 5) is 0. The first kappa shape index (κ1) is 10.7. The van der Waals surface area contributed by atoms with Crippen molar-refractivity contribution < 1.29 is 0 Å². The third-order valence-electron chi connectivity index (χ3n) is 3.60. The lowest BCUT2D eigenvalue weighted by molar-refractivity contribution is 0.985. The topological polar surface area (TPSA) is 0 Å². The Morgan fingerprint density at radius 2 is 1.87 bits per heavy atom. The molecule has 1 aliphatic carbocycles. The molecular formula is C14H20Si. The van der Waals surface area contributed by atoms with Gasteiger partial charge in [-0.3, -0.25) is 0 Å². The van der Waals surface area contributed by atoms with Crippen LogP contribution >= 0.6 is 0 Å². The fourth-order valence-electron chi connectivity index (χ4n) is 2.95. The van der Waals surface area contributed by atoms with Gasteiger partial charge < -0.3 is 0 Å². The van der Waals surface area contributed by atoms with Crippen molar-refractivity contribution in [3.05, 3.63) is 41.0 Å². The highest BCUT2D eigenvalue weighted by Crippen LogP contribution is 2.44. The lowest BCUT2D eigenvalue weighted by atomic mass is 10.1. The van der Waals surface area contributed by atoms with Gasteiger partial charge in [0.05, 0.1) is 0 Å². The van der Waals surface area contributed by atoms with Gasteiger partial charge in [0.2, 0.25) is 0 Å². The minimum Gasteiger partial charge on any atom is -0.0714 e. The zero-order valence-corrected chi connectivity index (χ0v) is 11.3. The zero-order valence-electron chi connectivity index (χ0n) is 10.2. The Morgan fingerprint density at radius 1 is 1.20 bits per heavy atom. The van der Waals surface area contributed by atoms with Gasteiger partial charge in [-0.15, -0.1) is 0 Å². The van der Waals surface area contributed by atoms with Gasteiger partial charge >= 0.3 is 0 Å². The van der Waals surface area contributed by atoms with Crippen molar-refractivity contribution in [3.8, 4) is 0 Å². The quantitative estimate of drug-likeness (QED) is 0.656. The lowest BCUT2D eigenvalue weighted by Crippen LogP contribution is -2.16. The van der Waals surface area contributed by atoms with Crippen LogP contribution in [0.2, 0.25) is 13.1 Å². The fourth-order valence-corrected chi connectivity index (χ4v) is 5.25. The van der Waals surface area contributed by atoms with E-state index in [9.17, 15) is 0 Å². The van der Waals surface area contributed by atoms with Gasteiger partial charge in [0, 0.05) is 8.80 Å². The summed E-state index contributed by atoms with van der Waals surface area (Å²) in [5.74, 6) is 0. The van der Waals surface area contributed by atoms with E-state index in [4.69, 9.17) is 0 Å². The smallest absolute Gasteiger partial charge is 0.0440 e. The zero-order chi connectivity index (χ0) is 11.0. The van der Waals surface area contributed by atoms with Gasteiger partial charge in [0.1, 0.15) is 0 Å². The van der Waals surface area contributed by atoms with Gasteiger partial charge in [-0.1, -0.05) is 49.9 Å². The second-order valence-electron chi connectivity index (χ2n) is 4.81. The van der Waals surface area contributed by atoms with Crippen molar-refractivity contribution in [2.45, 2.75) is 38.9 Å². The third-order valence-corrected chi connectivity index (χ3v) is 5.70. The van der Waals surface area contributed by atoms with Gasteiger partial charge in [-0.25, -0.2) is 0 Å². The normalized spacial score (nSPS) is 19.9. The van der Waals surface area contributed by atoms with Crippen LogP contribution in [0.15, 0.2) is 29.8 Å². The third kappa shape index (κ3) is 1.59. The van der Waals surface area contributed by atoms with E-state index in [1.54, 1.807) is 16.7 Å². The van der Waals surface area contributed by atoms with Crippen molar-refractivity contribution >= 4 is 14.4 Å². The second kappa shape index (κ2) is 3.97. The molecular weight excluding hydrogens is 196 g/mol. The van der Waals surface area contributed by atoms with Crippen molar-refractivity contribution in [2.24, 2.45) is 0 Å². The Hall–Kier alpha value is -0.823. The highest BCUT2D eigenvalue weighted by Gasteiger charge is 2.29. The number of hydrogen-bond donors (Lipinski definition) is 0. The molecule has 80 valence electrons. The molecule has 0 radical (unpaired) electrons. The van der Waals surface area contributed by atoms with E-state index in [1.807, 2.05) is 0 Å². The monoisotopic (exact) mass is 216 g/mol. The second-order valence-corrected chi connectivity index (χ2v) is 7.97. The maximum Gasteiger partial charge on any atom is 0.0440 e. The summed E-state index contributed by atoms with van der Waals surface area (Å²) in [6, 6.07) is 8.98. The molecule has 15 heavy (non-hydrogen) atoms. The Labute approximate surface area is 94.6 Å². The highest BCUT2D eigenvalue weighted by atomic mass is 28.3. The minimum absolute atomic E-state index is 0.632. The van der Waals surface area contributed by atoms with Crippen molar-refractivity contribution in [2.75, 3.05) is 0 Å². The standard InChI is InChI=1S/C14H20Si/c1-5-11-10(2)12-8-6-7-9-13(12)14(11)15(3)4/h6-9,14-15H,5H2,1-4H3. The SMILES string of the molecule is CCC1=C(C)c2ccccc2C1[SiH](C)C. The molecule has 0 amide bonds. The van der Waals surface area contributed by atoms with E-state index >= 15 is 0 Å². The molecule has 2 rings (SSSR count). The van der Waals surface area contributed by atoms with Crippen molar-refractivity contribution in [3.63, 3.8) is 0 Å². The molecule has 1 aliphatic rings. The van der Waals surface area contributed by atoms with Crippen LogP contribution in [0.4, 0.5) is 0 Å². The fraction of sp³-hybridized carbons (Fsp3) is 0.429. The molecule has 1 atom stereocenters. The molecule has 0 N–H and O–H groups in total. The van der Waals surface area contributed by atoms with Crippen LogP contribution in [0.25, 0.3) is 5.57 Å². The van der Waals surface area contributed by atoms with Gasteiger partial charge in [-0.05, 0) is 35.6 Å². The number of rotatable bonds is 2. The van der Waals surface area contributed by atoms with E-state index in [-0.39, 0.29) is 0 Å². The van der Waals surface area contributed by atoms with E-state index in [2.05, 4.69) is 51.2 Å². The maximum absolute atomic E-state index is 2.47. The summed E-state index contributed by atoms with van der Waals surface area (Å²) in [6.07, 6.45) is 1.22. The molecule has 0 aromatic heterocycles. The summed E-state index contributed by atoms with van der Waals surface area (Å²) < 4.78 is 0. The Bertz CT molecular complexity index is 402. The summed E-state index contributed by atoms with van der Waals surface area (Å²) >= 11 is 0. The van der Waals surface area contributed by atoms with Crippen LogP contribution in [-0.4, -0.2) is 8.80 Å². The molecule has 0 saturated heterocycles. The largest absolute Gasteiger partial charge is 0.0714 e. The lowest BCUT2D eigenvalue weighted by Gasteiger charge is -2.19. The van der Waals surface area contributed by atoms with Gasteiger partial charge in [0.15, 0.2) is 0 Å². The number of fused-ring (bicyclic) bond motifs is 1. The predicted octanol–water partition coefficient (Wildman–Crippen LogP) is 3.99. The summed E-state index contributed by atoms with van der Waals surface area (Å²) in [5.41, 5.74) is 7.18. The summed E-state index contributed by atoms with van der Waals surface area (Å²) in [5, 5.41) is 0. The van der Waals surface area contributed by atoms with Crippen LogP contribution in [-0.2, 0) is 0 Å². The molecule has 1 aromatic rings. The number of benzene rings is 1. The molecule has 0 nitrogen and oxygen atoms in total. The van der Waals surface area contributed by atoms with Crippen molar-refractivity contribution in [1.82, 2.24) is 0 Å². The average Bonchev–Trinajstić information content (AvgIpc) is 2.52. The van der Waals surface area contributed by atoms with E-state index in [1.165, 1.54) is 12.0 Å². The summed E-state index contributed by atoms with van der Waals surface area (Å²) in [6.45, 7) is 9.54. The maximum atomic E-state index is 2.47. The molecule has 0 spiro atoms. The molecule has 0 fully saturated rings. The van der Waals surface area contributed by atoms with Crippen LogP contribution in [0, 0.1) is 0 Å². The minimum atomic E-state index is -0.632. The first-order valence-corrected chi connectivity index (χ1v) is 8.93. The average molecular weight is 216 g/mol. The van der Waals surface area contributed by atoms with Crippen LogP contribution < -0.4 is 0 Å². The van der Waals surface area contributed by atoms with Crippen LogP contribution in [0.5, 0.6) is 0 Å². The molecule has 0 saturated carbocycles. The molecule has 1 heteroatoms. The van der Waals surface area contributed by atoms with E-state index in [0.717, 1.165) is 5.54 Å². The Morgan fingerprint density at radius 3 is 2.47 bits per heavy atom. The first-order valence-electron chi connectivity index (χ1n) is 5.95. The number of hydrogen-bond acceptors (Lipinski definition) is 0. The Kier molecular flexibility index (Phi) is 2.83.